The third-order valence-electron chi connectivity index (χ3n) is 4.63. The molecule has 0 aliphatic rings. The molecule has 3 heterocycles. The van der Waals surface area contributed by atoms with E-state index in [1.165, 1.54) is 34.8 Å². The van der Waals surface area contributed by atoms with E-state index in [0.717, 1.165) is 18.3 Å². The number of anilines is 1. The van der Waals surface area contributed by atoms with Crippen LogP contribution < -0.4 is 5.32 Å². The van der Waals surface area contributed by atoms with Gasteiger partial charge in [-0.25, -0.2) is 18.9 Å². The van der Waals surface area contributed by atoms with Gasteiger partial charge >= 0.3 is 6.18 Å². The zero-order valence-corrected chi connectivity index (χ0v) is 16.3. The van der Waals surface area contributed by atoms with E-state index in [2.05, 4.69) is 20.4 Å². The van der Waals surface area contributed by atoms with Crippen molar-refractivity contribution in [3.05, 3.63) is 77.0 Å². The topological polar surface area (TPSA) is 72.2 Å². The summed E-state index contributed by atoms with van der Waals surface area (Å²) in [6.45, 7) is 3.26. The van der Waals surface area contributed by atoms with Gasteiger partial charge in [-0.1, -0.05) is 18.2 Å². The van der Waals surface area contributed by atoms with Crippen molar-refractivity contribution in [1.29, 1.82) is 0 Å². The first kappa shape index (κ1) is 20.5. The number of alkyl halides is 3. The molecule has 4 rings (SSSR count). The summed E-state index contributed by atoms with van der Waals surface area (Å²) in [6, 6.07) is 9.00. The van der Waals surface area contributed by atoms with Gasteiger partial charge in [-0.05, 0) is 43.7 Å². The third-order valence-corrected chi connectivity index (χ3v) is 4.63. The van der Waals surface area contributed by atoms with E-state index in [4.69, 9.17) is 0 Å². The number of aryl methyl sites for hydroxylation is 2. The van der Waals surface area contributed by atoms with Crippen LogP contribution in [0.2, 0.25) is 0 Å². The number of aromatic nitrogens is 4. The normalized spacial score (nSPS) is 11.7. The maximum absolute atomic E-state index is 13.5. The van der Waals surface area contributed by atoms with Crippen LogP contribution in [0.15, 0.2) is 48.7 Å². The van der Waals surface area contributed by atoms with E-state index < -0.39 is 23.5 Å². The van der Waals surface area contributed by atoms with Gasteiger partial charge < -0.3 is 5.32 Å². The van der Waals surface area contributed by atoms with E-state index in [0.29, 0.717) is 16.9 Å². The molecule has 0 spiro atoms. The molecule has 10 heteroatoms. The summed E-state index contributed by atoms with van der Waals surface area (Å²) in [5, 5.41) is 6.81. The molecule has 0 radical (unpaired) electrons. The van der Waals surface area contributed by atoms with Crippen molar-refractivity contribution in [3.8, 4) is 11.3 Å². The van der Waals surface area contributed by atoms with E-state index in [1.54, 1.807) is 13.8 Å². The molecule has 1 N–H and O–H groups in total. The Morgan fingerprint density at radius 3 is 2.52 bits per heavy atom. The summed E-state index contributed by atoms with van der Waals surface area (Å²) in [5.41, 5.74) is 0.348. The average Bonchev–Trinajstić information content (AvgIpc) is 3.05. The lowest BCUT2D eigenvalue weighted by Crippen LogP contribution is -2.18. The first-order valence-electron chi connectivity index (χ1n) is 9.11. The van der Waals surface area contributed by atoms with Crippen molar-refractivity contribution in [3.63, 3.8) is 0 Å². The van der Waals surface area contributed by atoms with Crippen molar-refractivity contribution in [2.75, 3.05) is 5.32 Å². The summed E-state index contributed by atoms with van der Waals surface area (Å²) in [4.78, 5) is 21.0. The molecule has 158 valence electrons. The molecule has 1 amide bonds. The Kier molecular flexibility index (Phi) is 4.92. The minimum atomic E-state index is -4.57. The fourth-order valence-corrected chi connectivity index (χ4v) is 3.25. The van der Waals surface area contributed by atoms with Gasteiger partial charge in [0.25, 0.3) is 5.91 Å². The molecule has 6 nitrogen and oxygen atoms in total. The van der Waals surface area contributed by atoms with Crippen LogP contribution >= 0.6 is 0 Å². The number of nitrogens with one attached hydrogen (secondary N) is 1. The largest absolute Gasteiger partial charge is 0.417 e. The molecule has 0 aliphatic heterocycles. The maximum atomic E-state index is 13.5. The van der Waals surface area contributed by atoms with Gasteiger partial charge in [-0.3, -0.25) is 4.79 Å². The summed E-state index contributed by atoms with van der Waals surface area (Å²) in [5.74, 6) is -1.08. The predicted molar refractivity (Wildman–Crippen MR) is 105 cm³/mol. The van der Waals surface area contributed by atoms with Crippen molar-refractivity contribution < 1.29 is 22.4 Å². The molecule has 0 fully saturated rings. The number of fused-ring (bicyclic) bond motifs is 1. The maximum Gasteiger partial charge on any atom is 0.417 e. The van der Waals surface area contributed by atoms with Crippen LogP contribution in [-0.4, -0.2) is 25.5 Å². The number of amides is 1. The lowest BCUT2D eigenvalue weighted by molar-refractivity contribution is -0.137. The molecule has 3 aromatic heterocycles. The molecule has 0 bridgehead atoms. The van der Waals surface area contributed by atoms with E-state index in [9.17, 15) is 22.4 Å². The Morgan fingerprint density at radius 2 is 1.84 bits per heavy atom. The Balaban J connectivity index is 1.84. The summed E-state index contributed by atoms with van der Waals surface area (Å²) in [7, 11) is 0. The lowest BCUT2D eigenvalue weighted by atomic mass is 10.0. The quantitative estimate of drug-likeness (QED) is 0.474. The van der Waals surface area contributed by atoms with Gasteiger partial charge in [0, 0.05) is 5.56 Å². The van der Waals surface area contributed by atoms with Crippen LogP contribution in [0.3, 0.4) is 0 Å². The standard InChI is InChI=1S/C21H15F4N5O/c1-11-9-16(14-5-3-4-6-15(14)21(23,24)25)29-30-18(12(2)27-19(11)30)20(31)28-17-8-7-13(22)10-26-17/h3-10H,1-2H3,(H,26,28,31). The van der Waals surface area contributed by atoms with Crippen LogP contribution in [-0.2, 0) is 6.18 Å². The number of pyridine rings is 1. The molecule has 31 heavy (non-hydrogen) atoms. The second kappa shape index (κ2) is 7.46. The Bertz CT molecular complexity index is 1300. The van der Waals surface area contributed by atoms with Crippen LogP contribution in [0.5, 0.6) is 0 Å². The highest BCUT2D eigenvalue weighted by atomic mass is 19.4. The molecule has 0 saturated heterocycles. The van der Waals surface area contributed by atoms with Crippen LogP contribution in [0.4, 0.5) is 23.4 Å². The van der Waals surface area contributed by atoms with Gasteiger partial charge in [0.15, 0.2) is 11.3 Å². The molecule has 4 aromatic rings. The first-order valence-corrected chi connectivity index (χ1v) is 9.11. The number of halogens is 4. The summed E-state index contributed by atoms with van der Waals surface area (Å²) < 4.78 is 54.7. The monoisotopic (exact) mass is 429 g/mol. The van der Waals surface area contributed by atoms with Crippen molar-refractivity contribution in [1.82, 2.24) is 19.6 Å². The number of rotatable bonds is 3. The molecule has 0 unspecified atom stereocenters. The van der Waals surface area contributed by atoms with Gasteiger partial charge in [0.2, 0.25) is 0 Å². The number of nitrogens with zero attached hydrogens (tertiary/aromatic N) is 4. The van der Waals surface area contributed by atoms with Crippen LogP contribution in [0.1, 0.15) is 27.3 Å². The Hall–Kier alpha value is -3.82. The number of carbonyl (C=O) groups excluding carboxylic acids is 1. The number of imidazole rings is 1. The summed E-state index contributed by atoms with van der Waals surface area (Å²) >= 11 is 0. The Labute approximate surface area is 173 Å². The fourth-order valence-electron chi connectivity index (χ4n) is 3.25. The van der Waals surface area contributed by atoms with E-state index in [-0.39, 0.29) is 22.8 Å². The van der Waals surface area contributed by atoms with Crippen molar-refractivity contribution in [2.24, 2.45) is 0 Å². The van der Waals surface area contributed by atoms with Crippen LogP contribution in [0.25, 0.3) is 16.9 Å². The molecule has 0 atom stereocenters. The number of hydrogen-bond donors (Lipinski definition) is 1. The summed E-state index contributed by atoms with van der Waals surface area (Å²) in [6.07, 6.45) is -3.62. The highest BCUT2D eigenvalue weighted by Gasteiger charge is 2.34. The van der Waals surface area contributed by atoms with Gasteiger partial charge in [0.1, 0.15) is 11.6 Å². The van der Waals surface area contributed by atoms with E-state index >= 15 is 0 Å². The first-order chi connectivity index (χ1) is 14.6. The molecular formula is C21H15F4N5O. The highest BCUT2D eigenvalue weighted by Crippen LogP contribution is 2.36. The minimum absolute atomic E-state index is 0.0376. The Morgan fingerprint density at radius 1 is 1.10 bits per heavy atom. The van der Waals surface area contributed by atoms with E-state index in [1.807, 2.05) is 0 Å². The smallest absolute Gasteiger partial charge is 0.305 e. The van der Waals surface area contributed by atoms with Crippen molar-refractivity contribution >= 4 is 17.4 Å². The second-order valence-corrected chi connectivity index (χ2v) is 6.85. The second-order valence-electron chi connectivity index (χ2n) is 6.85. The lowest BCUT2D eigenvalue weighted by Gasteiger charge is -2.13. The zero-order chi connectivity index (χ0) is 22.3. The molecule has 1 aromatic carbocycles. The minimum Gasteiger partial charge on any atom is -0.305 e. The van der Waals surface area contributed by atoms with Gasteiger partial charge in [0.05, 0.1) is 23.1 Å². The number of carbonyl (C=O) groups is 1. The number of benzene rings is 1. The average molecular weight is 429 g/mol. The third kappa shape index (κ3) is 3.83. The van der Waals surface area contributed by atoms with Crippen molar-refractivity contribution in [2.45, 2.75) is 20.0 Å². The highest BCUT2D eigenvalue weighted by molar-refractivity contribution is 6.04. The number of hydrogen-bond acceptors (Lipinski definition) is 4. The molecular weight excluding hydrogens is 414 g/mol. The zero-order valence-electron chi connectivity index (χ0n) is 16.3. The fraction of sp³-hybridized carbons (Fsp3) is 0.143. The van der Waals surface area contributed by atoms with Gasteiger partial charge in [-0.15, -0.1) is 0 Å². The van der Waals surface area contributed by atoms with Crippen LogP contribution in [0, 0.1) is 19.7 Å². The SMILES string of the molecule is Cc1nc2c(C)cc(-c3ccccc3C(F)(F)F)nn2c1C(=O)Nc1ccc(F)cn1. The van der Waals surface area contributed by atoms with Gasteiger partial charge in [-0.2, -0.15) is 18.3 Å². The predicted octanol–water partition coefficient (Wildman–Crippen LogP) is 4.82. The molecule has 0 aliphatic carbocycles. The molecule has 0 saturated carbocycles.